The lowest BCUT2D eigenvalue weighted by Gasteiger charge is -2.10. The molecule has 0 rings (SSSR count). The molecule has 0 spiro atoms. The van der Waals surface area contributed by atoms with Crippen LogP contribution in [0.3, 0.4) is 0 Å². The van der Waals surface area contributed by atoms with Crippen LogP contribution in [0, 0.1) is 11.8 Å². The zero-order valence-corrected chi connectivity index (χ0v) is 7.05. The smallest absolute Gasteiger partial charge is 0.149 e. The van der Waals surface area contributed by atoms with E-state index in [1.165, 1.54) is 0 Å². The van der Waals surface area contributed by atoms with Crippen LogP contribution >= 0.6 is 0 Å². The van der Waals surface area contributed by atoms with Crippen molar-refractivity contribution in [1.82, 2.24) is 0 Å². The average molecular weight is 143 g/mol. The van der Waals surface area contributed by atoms with Crippen molar-refractivity contribution < 1.29 is 4.79 Å². The summed E-state index contributed by atoms with van der Waals surface area (Å²) in [5, 5.41) is 0. The molecule has 0 heterocycles. The minimum Gasteiger partial charge on any atom is -0.324 e. The molecule has 0 saturated carbocycles. The monoisotopic (exact) mass is 143 g/mol. The summed E-state index contributed by atoms with van der Waals surface area (Å²) >= 11 is 0. The Labute approximate surface area is 62.8 Å². The van der Waals surface area contributed by atoms with E-state index in [4.69, 9.17) is 5.73 Å². The van der Waals surface area contributed by atoms with E-state index in [0.717, 1.165) is 6.42 Å². The molecule has 0 aromatic carbocycles. The summed E-state index contributed by atoms with van der Waals surface area (Å²) < 4.78 is 0. The number of nitrogens with two attached hydrogens (primary N) is 1. The maximum absolute atomic E-state index is 10.9. The maximum Gasteiger partial charge on any atom is 0.149 e. The van der Waals surface area contributed by atoms with E-state index < -0.39 is 0 Å². The Morgan fingerprint density at radius 2 is 1.90 bits per heavy atom. The van der Waals surface area contributed by atoms with Gasteiger partial charge in [-0.15, -0.1) is 0 Å². The average Bonchev–Trinajstić information content (AvgIpc) is 1.85. The lowest BCUT2D eigenvalue weighted by atomic mass is 9.95. The van der Waals surface area contributed by atoms with Gasteiger partial charge in [0, 0.05) is 5.92 Å². The highest BCUT2D eigenvalue weighted by atomic mass is 16.1. The van der Waals surface area contributed by atoms with Crippen molar-refractivity contribution in [3.8, 4) is 0 Å². The first-order valence-corrected chi connectivity index (χ1v) is 3.80. The van der Waals surface area contributed by atoms with Gasteiger partial charge in [-0.05, 0) is 12.3 Å². The van der Waals surface area contributed by atoms with E-state index in [2.05, 4.69) is 13.8 Å². The third-order valence-corrected chi connectivity index (χ3v) is 1.58. The van der Waals surface area contributed by atoms with Crippen LogP contribution in [-0.2, 0) is 4.79 Å². The summed E-state index contributed by atoms with van der Waals surface area (Å²) in [4.78, 5) is 10.9. The second-order valence-electron chi connectivity index (χ2n) is 3.20. The van der Waals surface area contributed by atoms with Crippen molar-refractivity contribution in [3.63, 3.8) is 0 Å². The summed E-state index contributed by atoms with van der Waals surface area (Å²) in [7, 11) is 0. The van der Waals surface area contributed by atoms with Crippen molar-refractivity contribution in [2.24, 2.45) is 17.6 Å². The van der Waals surface area contributed by atoms with Gasteiger partial charge in [-0.3, -0.25) is 4.79 Å². The fourth-order valence-corrected chi connectivity index (χ4v) is 1.04. The van der Waals surface area contributed by atoms with Gasteiger partial charge < -0.3 is 5.73 Å². The minimum absolute atomic E-state index is 0.144. The van der Waals surface area contributed by atoms with Crippen molar-refractivity contribution in [3.05, 3.63) is 0 Å². The topological polar surface area (TPSA) is 43.1 Å². The first kappa shape index (κ1) is 9.63. The molecular formula is C8H17NO. The molecule has 10 heavy (non-hydrogen) atoms. The predicted octanol–water partition coefficient (Wildman–Crippen LogP) is 1.20. The molecule has 2 nitrogen and oxygen atoms in total. The van der Waals surface area contributed by atoms with Crippen LogP contribution in [0.4, 0.5) is 0 Å². The highest BCUT2D eigenvalue weighted by Gasteiger charge is 2.11. The quantitative estimate of drug-likeness (QED) is 0.642. The summed E-state index contributed by atoms with van der Waals surface area (Å²) in [6.07, 6.45) is 0.954. The van der Waals surface area contributed by atoms with E-state index in [9.17, 15) is 4.79 Å². The molecule has 0 bridgehead atoms. The Bertz CT molecular complexity index is 110. The van der Waals surface area contributed by atoms with Crippen molar-refractivity contribution in [1.29, 1.82) is 0 Å². The third kappa shape index (κ3) is 3.62. The van der Waals surface area contributed by atoms with Gasteiger partial charge in [-0.25, -0.2) is 0 Å². The zero-order valence-electron chi connectivity index (χ0n) is 7.05. The number of rotatable bonds is 4. The lowest BCUT2D eigenvalue weighted by molar-refractivity contribution is -0.121. The summed E-state index contributed by atoms with van der Waals surface area (Å²) in [6, 6.07) is 0. The Morgan fingerprint density at radius 1 is 1.40 bits per heavy atom. The highest BCUT2D eigenvalue weighted by Crippen LogP contribution is 2.10. The van der Waals surface area contributed by atoms with Crippen LogP contribution in [0.15, 0.2) is 0 Å². The standard InChI is InChI=1S/C8H17NO/c1-6(2)4-7(3)8(10)5-9/h6-7H,4-5,9H2,1-3H3. The Hall–Kier alpha value is -0.370. The van der Waals surface area contributed by atoms with Crippen LogP contribution in [0.5, 0.6) is 0 Å². The van der Waals surface area contributed by atoms with E-state index in [0.29, 0.717) is 5.92 Å². The van der Waals surface area contributed by atoms with Crippen LogP contribution in [0.1, 0.15) is 27.2 Å². The Kier molecular flexibility index (Phi) is 4.28. The summed E-state index contributed by atoms with van der Waals surface area (Å²) in [5.41, 5.74) is 5.20. The molecule has 2 N–H and O–H groups in total. The maximum atomic E-state index is 10.9. The number of Topliss-reactive ketones (excluding diaryl/α,β-unsaturated/α-hetero) is 1. The first-order chi connectivity index (χ1) is 4.57. The van der Waals surface area contributed by atoms with Gasteiger partial charge in [0.15, 0.2) is 0 Å². The zero-order chi connectivity index (χ0) is 8.15. The first-order valence-electron chi connectivity index (χ1n) is 3.80. The highest BCUT2D eigenvalue weighted by molar-refractivity contribution is 5.82. The largest absolute Gasteiger partial charge is 0.324 e. The predicted molar refractivity (Wildman–Crippen MR) is 42.7 cm³/mol. The molecule has 0 aliphatic heterocycles. The van der Waals surface area contributed by atoms with Crippen molar-refractivity contribution in [2.75, 3.05) is 6.54 Å². The van der Waals surface area contributed by atoms with Gasteiger partial charge in [-0.1, -0.05) is 20.8 Å². The molecule has 2 heteroatoms. The summed E-state index contributed by atoms with van der Waals surface area (Å²) in [6.45, 7) is 6.35. The van der Waals surface area contributed by atoms with Gasteiger partial charge in [0.25, 0.3) is 0 Å². The molecule has 0 aromatic rings. The number of ketones is 1. The number of carbonyl (C=O) groups is 1. The molecule has 1 atom stereocenters. The second kappa shape index (κ2) is 4.45. The van der Waals surface area contributed by atoms with Gasteiger partial charge in [-0.2, -0.15) is 0 Å². The fourth-order valence-electron chi connectivity index (χ4n) is 1.04. The number of carbonyl (C=O) groups excluding carboxylic acids is 1. The molecule has 1 unspecified atom stereocenters. The molecule has 0 aliphatic rings. The Morgan fingerprint density at radius 3 is 2.20 bits per heavy atom. The Balaban J connectivity index is 3.61. The van der Waals surface area contributed by atoms with Gasteiger partial charge >= 0.3 is 0 Å². The van der Waals surface area contributed by atoms with E-state index in [1.807, 2.05) is 6.92 Å². The SMILES string of the molecule is CC(C)CC(C)C(=O)CN. The molecular weight excluding hydrogens is 126 g/mol. The fraction of sp³-hybridized carbons (Fsp3) is 0.875. The van der Waals surface area contributed by atoms with Crippen LogP contribution in [-0.4, -0.2) is 12.3 Å². The molecule has 0 amide bonds. The van der Waals surface area contributed by atoms with Crippen LogP contribution < -0.4 is 5.73 Å². The third-order valence-electron chi connectivity index (χ3n) is 1.58. The minimum atomic E-state index is 0.144. The molecule has 0 fully saturated rings. The summed E-state index contributed by atoms with van der Waals surface area (Å²) in [5.74, 6) is 0.907. The second-order valence-corrected chi connectivity index (χ2v) is 3.20. The molecule has 0 saturated heterocycles. The van der Waals surface area contributed by atoms with E-state index >= 15 is 0 Å². The van der Waals surface area contributed by atoms with Crippen molar-refractivity contribution >= 4 is 5.78 Å². The van der Waals surface area contributed by atoms with Gasteiger partial charge in [0.1, 0.15) is 5.78 Å². The van der Waals surface area contributed by atoms with E-state index in [1.54, 1.807) is 0 Å². The number of hydrogen-bond donors (Lipinski definition) is 1. The van der Waals surface area contributed by atoms with Crippen molar-refractivity contribution in [2.45, 2.75) is 27.2 Å². The number of hydrogen-bond acceptors (Lipinski definition) is 2. The van der Waals surface area contributed by atoms with Crippen LogP contribution in [0.2, 0.25) is 0 Å². The van der Waals surface area contributed by atoms with Gasteiger partial charge in [0.2, 0.25) is 0 Å². The molecule has 0 aromatic heterocycles. The normalized spacial score (nSPS) is 13.7. The molecule has 0 aliphatic carbocycles. The van der Waals surface area contributed by atoms with Crippen LogP contribution in [0.25, 0.3) is 0 Å². The molecule has 60 valence electrons. The lowest BCUT2D eigenvalue weighted by Crippen LogP contribution is -2.22. The molecule has 0 radical (unpaired) electrons. The van der Waals surface area contributed by atoms with E-state index in [-0.39, 0.29) is 18.2 Å². The van der Waals surface area contributed by atoms with Gasteiger partial charge in [0.05, 0.1) is 6.54 Å².